The Bertz CT molecular complexity index is 423. The van der Waals surface area contributed by atoms with Gasteiger partial charge in [0.2, 0.25) is 5.91 Å². The van der Waals surface area contributed by atoms with Gasteiger partial charge in [-0.2, -0.15) is 0 Å². The third-order valence-corrected chi connectivity index (χ3v) is 5.70. The lowest BCUT2D eigenvalue weighted by Crippen LogP contribution is -2.54. The summed E-state index contributed by atoms with van der Waals surface area (Å²) in [5.74, 6) is 0.817. The summed E-state index contributed by atoms with van der Waals surface area (Å²) in [5.41, 5.74) is 0. The summed E-state index contributed by atoms with van der Waals surface area (Å²) >= 11 is 0. The minimum Gasteiger partial charge on any atom is -0.355 e. The normalized spacial score (nSPS) is 23.5. The van der Waals surface area contributed by atoms with Crippen LogP contribution in [0.15, 0.2) is 0 Å². The van der Waals surface area contributed by atoms with Crippen molar-refractivity contribution in [3.8, 4) is 0 Å². The molecule has 0 radical (unpaired) electrons. The van der Waals surface area contributed by atoms with Crippen LogP contribution in [0, 0.1) is 5.92 Å². The molecule has 1 N–H and O–H groups in total. The first kappa shape index (κ1) is 17.5. The molecule has 3 amide bonds. The topological polar surface area (TPSA) is 55.9 Å². The number of nitrogens with one attached hydrogen (secondary N) is 1. The zero-order chi connectivity index (χ0) is 16.8. The van der Waals surface area contributed by atoms with Gasteiger partial charge in [0.05, 0.1) is 6.54 Å². The van der Waals surface area contributed by atoms with Gasteiger partial charge in [0, 0.05) is 45.8 Å². The van der Waals surface area contributed by atoms with Crippen LogP contribution in [-0.4, -0.2) is 79.0 Å². The largest absolute Gasteiger partial charge is 0.355 e. The lowest BCUT2D eigenvalue weighted by atomic mass is 9.89. The molecule has 0 unspecified atom stereocenters. The van der Waals surface area contributed by atoms with Crippen molar-refractivity contribution >= 4 is 11.9 Å². The van der Waals surface area contributed by atoms with E-state index in [1.807, 2.05) is 9.80 Å². The van der Waals surface area contributed by atoms with Crippen molar-refractivity contribution in [1.82, 2.24) is 20.0 Å². The van der Waals surface area contributed by atoms with E-state index >= 15 is 0 Å². The van der Waals surface area contributed by atoms with Crippen LogP contribution in [0.25, 0.3) is 0 Å². The fourth-order valence-corrected chi connectivity index (χ4v) is 4.11. The minimum atomic E-state index is 0.139. The number of rotatable bonds is 4. The first-order valence-corrected chi connectivity index (χ1v) is 9.75. The number of carbonyl (C=O) groups excluding carboxylic acids is 2. The molecule has 2 saturated heterocycles. The third-order valence-electron chi connectivity index (χ3n) is 5.70. The number of piperazine rings is 1. The monoisotopic (exact) mass is 336 g/mol. The Morgan fingerprint density at radius 3 is 2.08 bits per heavy atom. The van der Waals surface area contributed by atoms with Crippen molar-refractivity contribution in [2.75, 3.05) is 52.4 Å². The lowest BCUT2D eigenvalue weighted by molar-refractivity contribution is -0.122. The fraction of sp³-hybridized carbons (Fsp3) is 0.889. The minimum absolute atomic E-state index is 0.139. The first-order chi connectivity index (χ1) is 11.7. The molecule has 3 fully saturated rings. The van der Waals surface area contributed by atoms with Crippen molar-refractivity contribution in [3.63, 3.8) is 0 Å². The first-order valence-electron chi connectivity index (χ1n) is 9.75. The number of nitrogens with zero attached hydrogens (tertiary/aromatic N) is 3. The van der Waals surface area contributed by atoms with E-state index in [4.69, 9.17) is 0 Å². The van der Waals surface area contributed by atoms with Gasteiger partial charge in [0.15, 0.2) is 0 Å². The van der Waals surface area contributed by atoms with E-state index in [0.717, 1.165) is 58.7 Å². The molecule has 0 bridgehead atoms. The molecule has 24 heavy (non-hydrogen) atoms. The van der Waals surface area contributed by atoms with Crippen molar-refractivity contribution in [3.05, 3.63) is 0 Å². The Kier molecular flexibility index (Phi) is 6.35. The van der Waals surface area contributed by atoms with Gasteiger partial charge in [-0.3, -0.25) is 9.69 Å². The predicted octanol–water partition coefficient (Wildman–Crippen LogP) is 1.52. The summed E-state index contributed by atoms with van der Waals surface area (Å²) in [4.78, 5) is 30.6. The Hall–Kier alpha value is -1.30. The highest BCUT2D eigenvalue weighted by Crippen LogP contribution is 2.22. The zero-order valence-corrected chi connectivity index (χ0v) is 14.8. The van der Waals surface area contributed by atoms with E-state index in [2.05, 4.69) is 10.2 Å². The van der Waals surface area contributed by atoms with Crippen LogP contribution in [0.5, 0.6) is 0 Å². The van der Waals surface area contributed by atoms with Crippen LogP contribution in [0.4, 0.5) is 4.79 Å². The summed E-state index contributed by atoms with van der Waals surface area (Å²) < 4.78 is 0. The van der Waals surface area contributed by atoms with E-state index in [0.29, 0.717) is 12.5 Å². The second-order valence-corrected chi connectivity index (χ2v) is 7.55. The molecular weight excluding hydrogens is 304 g/mol. The van der Waals surface area contributed by atoms with Gasteiger partial charge in [-0.25, -0.2) is 4.79 Å². The van der Waals surface area contributed by atoms with Crippen LogP contribution < -0.4 is 5.32 Å². The SMILES string of the molecule is O=C(CN1CCN(C(=O)N2CCCC2)CC1)NCC1CCCCC1. The maximum Gasteiger partial charge on any atom is 0.320 e. The van der Waals surface area contributed by atoms with Gasteiger partial charge in [0.25, 0.3) is 0 Å². The second-order valence-electron chi connectivity index (χ2n) is 7.55. The van der Waals surface area contributed by atoms with Crippen molar-refractivity contribution < 1.29 is 9.59 Å². The van der Waals surface area contributed by atoms with E-state index in [1.165, 1.54) is 32.1 Å². The van der Waals surface area contributed by atoms with Gasteiger partial charge in [-0.15, -0.1) is 0 Å². The number of hydrogen-bond acceptors (Lipinski definition) is 3. The molecule has 0 aromatic carbocycles. The molecule has 1 aliphatic carbocycles. The maximum atomic E-state index is 12.4. The fourth-order valence-electron chi connectivity index (χ4n) is 4.11. The number of likely N-dealkylation sites (tertiary alicyclic amines) is 1. The molecule has 0 atom stereocenters. The average molecular weight is 336 g/mol. The van der Waals surface area contributed by atoms with Gasteiger partial charge in [0.1, 0.15) is 0 Å². The maximum absolute atomic E-state index is 12.4. The summed E-state index contributed by atoms with van der Waals surface area (Å²) in [7, 11) is 0. The number of urea groups is 1. The smallest absolute Gasteiger partial charge is 0.320 e. The van der Waals surface area contributed by atoms with Gasteiger partial charge >= 0.3 is 6.03 Å². The van der Waals surface area contributed by atoms with Crippen molar-refractivity contribution in [1.29, 1.82) is 0 Å². The molecule has 0 spiro atoms. The lowest BCUT2D eigenvalue weighted by Gasteiger charge is -2.36. The van der Waals surface area contributed by atoms with Crippen LogP contribution in [-0.2, 0) is 4.79 Å². The summed E-state index contributed by atoms with van der Waals surface area (Å²) in [5, 5.41) is 3.11. The highest BCUT2D eigenvalue weighted by atomic mass is 16.2. The molecule has 0 aromatic heterocycles. The van der Waals surface area contributed by atoms with Gasteiger partial charge in [-0.05, 0) is 31.6 Å². The van der Waals surface area contributed by atoms with Crippen molar-refractivity contribution in [2.45, 2.75) is 44.9 Å². The standard InChI is InChI=1S/C18H32N4O2/c23-17(19-14-16-6-2-1-3-7-16)15-20-10-12-22(13-11-20)18(24)21-8-4-5-9-21/h16H,1-15H2,(H,19,23). The quantitative estimate of drug-likeness (QED) is 0.847. The molecule has 6 heteroatoms. The molecule has 2 heterocycles. The van der Waals surface area contributed by atoms with Crippen LogP contribution in [0.2, 0.25) is 0 Å². The molecule has 136 valence electrons. The summed E-state index contributed by atoms with van der Waals surface area (Å²) in [6.07, 6.45) is 8.76. The average Bonchev–Trinajstić information content (AvgIpc) is 3.16. The highest BCUT2D eigenvalue weighted by molar-refractivity contribution is 5.78. The number of hydrogen-bond donors (Lipinski definition) is 1. The van der Waals surface area contributed by atoms with E-state index < -0.39 is 0 Å². The summed E-state index contributed by atoms with van der Waals surface area (Å²) in [6, 6.07) is 0.189. The molecular formula is C18H32N4O2. The molecule has 3 rings (SSSR count). The van der Waals surface area contributed by atoms with Crippen LogP contribution in [0.3, 0.4) is 0 Å². The van der Waals surface area contributed by atoms with Gasteiger partial charge < -0.3 is 15.1 Å². The molecule has 3 aliphatic rings. The third kappa shape index (κ3) is 4.85. The molecule has 2 aliphatic heterocycles. The Morgan fingerprint density at radius 1 is 0.792 bits per heavy atom. The predicted molar refractivity (Wildman–Crippen MR) is 93.8 cm³/mol. The Labute approximate surface area is 145 Å². The Morgan fingerprint density at radius 2 is 1.42 bits per heavy atom. The van der Waals surface area contributed by atoms with E-state index in [9.17, 15) is 9.59 Å². The van der Waals surface area contributed by atoms with Gasteiger partial charge in [-0.1, -0.05) is 19.3 Å². The number of amides is 3. The Balaban J connectivity index is 1.32. The van der Waals surface area contributed by atoms with E-state index in [1.54, 1.807) is 0 Å². The van der Waals surface area contributed by atoms with Crippen LogP contribution in [0.1, 0.15) is 44.9 Å². The molecule has 6 nitrogen and oxygen atoms in total. The zero-order valence-electron chi connectivity index (χ0n) is 14.8. The highest BCUT2D eigenvalue weighted by Gasteiger charge is 2.27. The summed E-state index contributed by atoms with van der Waals surface area (Å²) in [6.45, 7) is 6.21. The molecule has 1 saturated carbocycles. The van der Waals surface area contributed by atoms with Crippen LogP contribution >= 0.6 is 0 Å². The molecule has 0 aromatic rings. The second kappa shape index (κ2) is 8.70. The van der Waals surface area contributed by atoms with E-state index in [-0.39, 0.29) is 11.9 Å². The van der Waals surface area contributed by atoms with Crippen molar-refractivity contribution in [2.24, 2.45) is 5.92 Å². The number of carbonyl (C=O) groups is 2.